The Balaban J connectivity index is 1.92. The third kappa shape index (κ3) is 2.97. The van der Waals surface area contributed by atoms with Crippen LogP contribution >= 0.6 is 0 Å². The number of hydrogen-bond donors (Lipinski definition) is 2. The lowest BCUT2D eigenvalue weighted by Gasteiger charge is -2.22. The molecule has 8 heteroatoms. The summed E-state index contributed by atoms with van der Waals surface area (Å²) in [5.74, 6) is 0.289. The van der Waals surface area contributed by atoms with Crippen molar-refractivity contribution < 1.29 is 18.4 Å². The summed E-state index contributed by atoms with van der Waals surface area (Å²) in [5, 5.41) is 12.9. The SMILES string of the molecule is CN=C1N=c2ccc(C(F)(F)F)cc2=CN(O)C1c1c[nH]c2ccccc12. The Hall–Kier alpha value is -3.13. The van der Waals surface area contributed by atoms with Gasteiger partial charge in [0.25, 0.3) is 0 Å². The van der Waals surface area contributed by atoms with Gasteiger partial charge in [-0.25, -0.2) is 10.1 Å². The molecule has 5 nitrogen and oxygen atoms in total. The van der Waals surface area contributed by atoms with Gasteiger partial charge in [0.15, 0.2) is 5.84 Å². The van der Waals surface area contributed by atoms with Crippen LogP contribution in [0.5, 0.6) is 0 Å². The fourth-order valence-corrected chi connectivity index (χ4v) is 3.23. The van der Waals surface area contributed by atoms with Crippen LogP contribution in [0.2, 0.25) is 0 Å². The Morgan fingerprint density at radius 2 is 1.96 bits per heavy atom. The number of aromatic amines is 1. The smallest absolute Gasteiger partial charge is 0.361 e. The second kappa shape index (κ2) is 6.24. The monoisotopic (exact) mass is 372 g/mol. The number of amidine groups is 1. The van der Waals surface area contributed by atoms with E-state index in [0.717, 1.165) is 33.7 Å². The van der Waals surface area contributed by atoms with Crippen molar-refractivity contribution in [2.24, 2.45) is 9.98 Å². The minimum absolute atomic E-state index is 0.163. The number of alkyl halides is 3. The molecule has 3 aromatic rings. The van der Waals surface area contributed by atoms with Crippen LogP contribution in [0.15, 0.2) is 58.6 Å². The van der Waals surface area contributed by atoms with Crippen molar-refractivity contribution in [2.45, 2.75) is 12.2 Å². The Kier molecular flexibility index (Phi) is 4.00. The number of aromatic nitrogens is 1. The van der Waals surface area contributed by atoms with E-state index in [4.69, 9.17) is 0 Å². The first-order valence-electron chi connectivity index (χ1n) is 8.16. The van der Waals surface area contributed by atoms with Crippen LogP contribution in [0.3, 0.4) is 0 Å². The molecule has 1 unspecified atom stereocenters. The molecule has 0 radical (unpaired) electrons. The maximum absolute atomic E-state index is 13.0. The molecule has 2 heterocycles. The van der Waals surface area contributed by atoms with E-state index in [-0.39, 0.29) is 11.1 Å². The highest BCUT2D eigenvalue weighted by Crippen LogP contribution is 2.30. The predicted octanol–water partition coefficient (Wildman–Crippen LogP) is 3.02. The molecule has 0 spiro atoms. The third-order valence-electron chi connectivity index (χ3n) is 4.52. The molecule has 1 aromatic heterocycles. The molecule has 1 aliphatic heterocycles. The van der Waals surface area contributed by atoms with Crippen molar-refractivity contribution in [1.29, 1.82) is 0 Å². The highest BCUT2D eigenvalue weighted by molar-refractivity contribution is 5.95. The van der Waals surface area contributed by atoms with Crippen molar-refractivity contribution in [1.82, 2.24) is 10.0 Å². The van der Waals surface area contributed by atoms with Crippen molar-refractivity contribution in [3.63, 3.8) is 0 Å². The molecule has 0 fully saturated rings. The number of fused-ring (bicyclic) bond motifs is 2. The van der Waals surface area contributed by atoms with Crippen LogP contribution in [-0.2, 0) is 6.18 Å². The predicted molar refractivity (Wildman–Crippen MR) is 94.7 cm³/mol. The first-order chi connectivity index (χ1) is 12.9. The standard InChI is InChI=1S/C19H15F3N4O/c1-23-18-17(14-9-24-16-5-3-2-4-13(14)16)26(27)10-11-8-12(19(20,21)22)6-7-15(11)25-18/h2-10,17,24,27H,1H3. The van der Waals surface area contributed by atoms with Gasteiger partial charge >= 0.3 is 6.18 Å². The van der Waals surface area contributed by atoms with E-state index in [1.165, 1.54) is 19.3 Å². The van der Waals surface area contributed by atoms with E-state index in [1.807, 2.05) is 24.3 Å². The lowest BCUT2D eigenvalue weighted by molar-refractivity contribution is -0.137. The number of nitrogens with zero attached hydrogens (tertiary/aromatic N) is 3. The summed E-state index contributed by atoms with van der Waals surface area (Å²) >= 11 is 0. The molecule has 0 aliphatic carbocycles. The summed E-state index contributed by atoms with van der Waals surface area (Å²) in [6.45, 7) is 0. The third-order valence-corrected chi connectivity index (χ3v) is 4.52. The molecule has 2 N–H and O–H groups in total. The normalized spacial score (nSPS) is 18.8. The van der Waals surface area contributed by atoms with E-state index in [0.29, 0.717) is 5.36 Å². The van der Waals surface area contributed by atoms with Gasteiger partial charge in [0.2, 0.25) is 0 Å². The zero-order chi connectivity index (χ0) is 19.2. The van der Waals surface area contributed by atoms with Crippen LogP contribution in [0.4, 0.5) is 13.2 Å². The average Bonchev–Trinajstić information content (AvgIpc) is 2.99. The van der Waals surface area contributed by atoms with Gasteiger partial charge < -0.3 is 4.98 Å². The van der Waals surface area contributed by atoms with Gasteiger partial charge in [0, 0.05) is 41.1 Å². The molecule has 1 atom stereocenters. The molecule has 27 heavy (non-hydrogen) atoms. The van der Waals surface area contributed by atoms with E-state index in [9.17, 15) is 18.4 Å². The van der Waals surface area contributed by atoms with Crippen LogP contribution < -0.4 is 10.6 Å². The van der Waals surface area contributed by atoms with Gasteiger partial charge in [-0.15, -0.1) is 0 Å². The van der Waals surface area contributed by atoms with Gasteiger partial charge in [0.1, 0.15) is 6.04 Å². The maximum Gasteiger partial charge on any atom is 0.416 e. The van der Waals surface area contributed by atoms with Crippen LogP contribution in [0.1, 0.15) is 17.2 Å². The lowest BCUT2D eigenvalue weighted by atomic mass is 10.0. The number of hydrogen-bond acceptors (Lipinski definition) is 3. The lowest BCUT2D eigenvalue weighted by Crippen LogP contribution is -2.28. The molecule has 0 bridgehead atoms. The number of nitrogens with one attached hydrogen (secondary N) is 1. The first-order valence-corrected chi connectivity index (χ1v) is 8.16. The van der Waals surface area contributed by atoms with Crippen molar-refractivity contribution in [3.8, 4) is 0 Å². The zero-order valence-electron chi connectivity index (χ0n) is 14.2. The van der Waals surface area contributed by atoms with Gasteiger partial charge in [-0.2, -0.15) is 13.2 Å². The molecule has 0 saturated heterocycles. The summed E-state index contributed by atoms with van der Waals surface area (Å²) < 4.78 is 39.1. The highest BCUT2D eigenvalue weighted by Gasteiger charge is 2.31. The number of benzene rings is 2. The fraction of sp³-hybridized carbons (Fsp3) is 0.158. The minimum atomic E-state index is -4.48. The van der Waals surface area contributed by atoms with Crippen molar-refractivity contribution in [3.05, 3.63) is 70.4 Å². The second-order valence-corrected chi connectivity index (χ2v) is 6.17. The number of hydroxylamine groups is 2. The Labute approximate surface area is 151 Å². The molecular formula is C19H15F3N4O. The van der Waals surface area contributed by atoms with E-state index < -0.39 is 17.8 Å². The molecule has 0 saturated carbocycles. The largest absolute Gasteiger partial charge is 0.416 e. The van der Waals surface area contributed by atoms with Crippen LogP contribution in [-0.4, -0.2) is 28.1 Å². The Morgan fingerprint density at radius 3 is 2.70 bits per heavy atom. The Morgan fingerprint density at radius 1 is 1.19 bits per heavy atom. The quantitative estimate of drug-likeness (QED) is 0.690. The Bertz CT molecular complexity index is 1160. The maximum atomic E-state index is 13.0. The van der Waals surface area contributed by atoms with E-state index >= 15 is 0 Å². The van der Waals surface area contributed by atoms with Crippen LogP contribution in [0.25, 0.3) is 17.1 Å². The molecule has 4 rings (SSSR count). The molecular weight excluding hydrogens is 357 g/mol. The number of para-hydroxylation sites is 1. The second-order valence-electron chi connectivity index (χ2n) is 6.17. The average molecular weight is 372 g/mol. The molecule has 2 aromatic carbocycles. The fourth-order valence-electron chi connectivity index (χ4n) is 3.23. The molecule has 0 amide bonds. The van der Waals surface area contributed by atoms with Gasteiger partial charge in [-0.3, -0.25) is 10.2 Å². The molecule has 1 aliphatic rings. The minimum Gasteiger partial charge on any atom is -0.361 e. The number of rotatable bonds is 1. The summed E-state index contributed by atoms with van der Waals surface area (Å²) in [6.07, 6.45) is -1.49. The highest BCUT2D eigenvalue weighted by atomic mass is 19.4. The summed E-state index contributed by atoms with van der Waals surface area (Å²) in [5.41, 5.74) is 0.789. The first kappa shape index (κ1) is 17.3. The van der Waals surface area contributed by atoms with Gasteiger partial charge in [-0.05, 0) is 24.3 Å². The van der Waals surface area contributed by atoms with Gasteiger partial charge in [0.05, 0.1) is 10.9 Å². The van der Waals surface area contributed by atoms with Gasteiger partial charge in [-0.1, -0.05) is 18.2 Å². The van der Waals surface area contributed by atoms with Crippen molar-refractivity contribution in [2.75, 3.05) is 7.05 Å². The van der Waals surface area contributed by atoms with E-state index in [2.05, 4.69) is 15.0 Å². The number of aliphatic imine (C=N–C) groups is 1. The van der Waals surface area contributed by atoms with Crippen molar-refractivity contribution >= 4 is 22.9 Å². The topological polar surface area (TPSA) is 64.0 Å². The van der Waals surface area contributed by atoms with E-state index in [1.54, 1.807) is 6.20 Å². The number of H-pyrrole nitrogens is 1. The summed E-state index contributed by atoms with van der Waals surface area (Å²) in [6, 6.07) is 9.99. The van der Waals surface area contributed by atoms with Crippen LogP contribution in [0, 0.1) is 0 Å². The summed E-state index contributed by atoms with van der Waals surface area (Å²) in [7, 11) is 1.53. The number of halogens is 3. The molecule has 138 valence electrons. The zero-order valence-corrected chi connectivity index (χ0v) is 14.2. The summed E-state index contributed by atoms with van der Waals surface area (Å²) in [4.78, 5) is 11.7.